The maximum atomic E-state index is 4.64. The van der Waals surface area contributed by atoms with Crippen molar-refractivity contribution in [2.24, 2.45) is 0 Å². The van der Waals surface area contributed by atoms with Crippen LogP contribution in [0.2, 0.25) is 0 Å². The Morgan fingerprint density at radius 2 is 1.75 bits per heavy atom. The number of aromatic nitrogens is 5. The number of thiophene rings is 1. The van der Waals surface area contributed by atoms with Crippen LogP contribution in [0, 0.1) is 0 Å². The van der Waals surface area contributed by atoms with E-state index in [2.05, 4.69) is 77.9 Å². The predicted molar refractivity (Wildman–Crippen MR) is 132 cm³/mol. The van der Waals surface area contributed by atoms with E-state index in [0.717, 1.165) is 55.6 Å². The highest BCUT2D eigenvalue weighted by atomic mass is 32.1. The lowest BCUT2D eigenvalue weighted by molar-refractivity contribution is 1.11. The van der Waals surface area contributed by atoms with E-state index in [1.54, 1.807) is 11.3 Å². The Kier molecular flexibility index (Phi) is 4.29. The van der Waals surface area contributed by atoms with Gasteiger partial charge in [0.2, 0.25) is 0 Å². The maximum Gasteiger partial charge on any atom is 0.116 e. The van der Waals surface area contributed by atoms with E-state index < -0.39 is 0 Å². The zero-order chi connectivity index (χ0) is 21.7. The number of aromatic amines is 2. The summed E-state index contributed by atoms with van der Waals surface area (Å²) in [5, 5.41) is 12.1. The Morgan fingerprint density at radius 3 is 2.59 bits per heavy atom. The molecule has 0 aliphatic carbocycles. The fraction of sp³-hybridized carbons (Fsp3) is 0.0800. The Bertz CT molecular complexity index is 1560. The summed E-state index contributed by atoms with van der Waals surface area (Å²) in [6.07, 6.45) is 7.57. The molecule has 6 rings (SSSR count). The van der Waals surface area contributed by atoms with Crippen LogP contribution in [0.3, 0.4) is 0 Å². The monoisotopic (exact) mass is 436 g/mol. The molecular formula is C25H20N6S. The summed E-state index contributed by atoms with van der Waals surface area (Å²) in [5.41, 5.74) is 8.24. The van der Waals surface area contributed by atoms with Gasteiger partial charge in [0.05, 0.1) is 34.8 Å². The van der Waals surface area contributed by atoms with Gasteiger partial charge in [0.25, 0.3) is 0 Å². The second kappa shape index (κ2) is 7.32. The predicted octanol–water partition coefficient (Wildman–Crippen LogP) is 5.96. The lowest BCUT2D eigenvalue weighted by Crippen LogP contribution is -2.08. The summed E-state index contributed by atoms with van der Waals surface area (Å²) in [4.78, 5) is 15.6. The SMILES string of the molecule is CN(C)c1cncc(-c2ccc3[nH]nc(-c4cc5c(-c6cccs6)cncc5[nH]4)c3c2)c1. The fourth-order valence-electron chi connectivity index (χ4n) is 4.04. The highest BCUT2D eigenvalue weighted by Crippen LogP contribution is 2.36. The number of benzene rings is 1. The van der Waals surface area contributed by atoms with Crippen LogP contribution in [0.15, 0.2) is 72.6 Å². The average molecular weight is 437 g/mol. The van der Waals surface area contributed by atoms with Gasteiger partial charge in [-0.15, -0.1) is 11.3 Å². The van der Waals surface area contributed by atoms with Crippen molar-refractivity contribution in [2.75, 3.05) is 19.0 Å². The first kappa shape index (κ1) is 18.8. The summed E-state index contributed by atoms with van der Waals surface area (Å²) in [6, 6.07) is 14.9. The number of anilines is 1. The van der Waals surface area contributed by atoms with Crippen molar-refractivity contribution >= 4 is 38.8 Å². The molecule has 5 heterocycles. The van der Waals surface area contributed by atoms with Crippen LogP contribution in [-0.4, -0.2) is 39.2 Å². The van der Waals surface area contributed by atoms with E-state index in [4.69, 9.17) is 0 Å². The van der Waals surface area contributed by atoms with Gasteiger partial charge in [-0.05, 0) is 41.3 Å². The molecule has 0 radical (unpaired) electrons. The molecule has 0 unspecified atom stereocenters. The first-order valence-electron chi connectivity index (χ1n) is 10.3. The summed E-state index contributed by atoms with van der Waals surface area (Å²) < 4.78 is 0. The summed E-state index contributed by atoms with van der Waals surface area (Å²) in [6.45, 7) is 0. The molecule has 2 N–H and O–H groups in total. The van der Waals surface area contributed by atoms with Gasteiger partial charge in [-0.1, -0.05) is 12.1 Å². The van der Waals surface area contributed by atoms with Crippen LogP contribution < -0.4 is 4.90 Å². The zero-order valence-electron chi connectivity index (χ0n) is 17.6. The summed E-state index contributed by atoms with van der Waals surface area (Å²) in [5.74, 6) is 0. The quantitative estimate of drug-likeness (QED) is 0.357. The summed E-state index contributed by atoms with van der Waals surface area (Å²) >= 11 is 1.72. The summed E-state index contributed by atoms with van der Waals surface area (Å²) in [7, 11) is 4.04. The first-order chi connectivity index (χ1) is 15.7. The van der Waals surface area contributed by atoms with Gasteiger partial charge in [0.1, 0.15) is 5.69 Å². The van der Waals surface area contributed by atoms with E-state index in [9.17, 15) is 0 Å². The van der Waals surface area contributed by atoms with Crippen LogP contribution in [-0.2, 0) is 0 Å². The molecule has 0 fully saturated rings. The van der Waals surface area contributed by atoms with Gasteiger partial charge in [-0.2, -0.15) is 5.10 Å². The zero-order valence-corrected chi connectivity index (χ0v) is 18.4. The van der Waals surface area contributed by atoms with E-state index in [-0.39, 0.29) is 0 Å². The number of nitrogens with one attached hydrogen (secondary N) is 2. The standard InChI is InChI=1S/C25H20N6S/c1-31(2)17-8-16(11-26-12-17)15-5-6-21-19(9-15)25(30-29-21)22-10-18-20(24-4-3-7-32-24)13-27-14-23(18)28-22/h3-14,28H,1-2H3,(H,29,30). The van der Waals surface area contributed by atoms with Crippen molar-refractivity contribution in [3.8, 4) is 33.0 Å². The van der Waals surface area contributed by atoms with E-state index in [1.165, 1.54) is 4.88 Å². The highest BCUT2D eigenvalue weighted by molar-refractivity contribution is 7.13. The molecule has 6 aromatic rings. The fourth-order valence-corrected chi connectivity index (χ4v) is 4.79. The van der Waals surface area contributed by atoms with Crippen LogP contribution >= 0.6 is 11.3 Å². The molecule has 0 saturated carbocycles. The molecule has 7 heteroatoms. The van der Waals surface area contributed by atoms with E-state index in [0.29, 0.717) is 0 Å². The number of H-pyrrole nitrogens is 2. The number of pyridine rings is 2. The molecule has 0 bridgehead atoms. The number of rotatable bonds is 4. The van der Waals surface area contributed by atoms with Crippen molar-refractivity contribution in [3.63, 3.8) is 0 Å². The molecule has 0 saturated heterocycles. The molecule has 5 aromatic heterocycles. The Labute approximate surface area is 188 Å². The minimum Gasteiger partial charge on any atom is -0.376 e. The van der Waals surface area contributed by atoms with Crippen LogP contribution in [0.25, 0.3) is 54.8 Å². The third-order valence-corrected chi connectivity index (χ3v) is 6.63. The Balaban J connectivity index is 1.49. The molecule has 0 atom stereocenters. The molecule has 0 aliphatic rings. The second-order valence-electron chi connectivity index (χ2n) is 7.97. The number of fused-ring (bicyclic) bond motifs is 2. The number of nitrogens with zero attached hydrogens (tertiary/aromatic N) is 4. The van der Waals surface area contributed by atoms with Crippen molar-refractivity contribution in [3.05, 3.63) is 72.6 Å². The molecule has 0 amide bonds. The average Bonchev–Trinajstić information content (AvgIpc) is 3.57. The van der Waals surface area contributed by atoms with Crippen molar-refractivity contribution < 1.29 is 0 Å². The van der Waals surface area contributed by atoms with E-state index >= 15 is 0 Å². The number of hydrogen-bond donors (Lipinski definition) is 2. The second-order valence-corrected chi connectivity index (χ2v) is 8.92. The van der Waals surface area contributed by atoms with Crippen LogP contribution in [0.1, 0.15) is 0 Å². The first-order valence-corrected chi connectivity index (χ1v) is 11.2. The van der Waals surface area contributed by atoms with Gasteiger partial charge in [-0.3, -0.25) is 15.1 Å². The number of hydrogen-bond acceptors (Lipinski definition) is 5. The van der Waals surface area contributed by atoms with Crippen molar-refractivity contribution in [1.29, 1.82) is 0 Å². The molecule has 0 aliphatic heterocycles. The van der Waals surface area contributed by atoms with Gasteiger partial charge in [0.15, 0.2) is 0 Å². The highest BCUT2D eigenvalue weighted by Gasteiger charge is 2.15. The molecule has 6 nitrogen and oxygen atoms in total. The largest absolute Gasteiger partial charge is 0.376 e. The Hall–Kier alpha value is -3.97. The smallest absolute Gasteiger partial charge is 0.116 e. The minimum absolute atomic E-state index is 0.895. The molecule has 32 heavy (non-hydrogen) atoms. The van der Waals surface area contributed by atoms with Crippen molar-refractivity contribution in [2.45, 2.75) is 0 Å². The third kappa shape index (κ3) is 3.06. The molecular weight excluding hydrogens is 416 g/mol. The topological polar surface area (TPSA) is 73.5 Å². The van der Waals surface area contributed by atoms with Gasteiger partial charge in [-0.25, -0.2) is 0 Å². The third-order valence-electron chi connectivity index (χ3n) is 5.72. The minimum atomic E-state index is 0.895. The lowest BCUT2D eigenvalue weighted by atomic mass is 10.0. The molecule has 0 spiro atoms. The van der Waals surface area contributed by atoms with Crippen LogP contribution in [0.5, 0.6) is 0 Å². The van der Waals surface area contributed by atoms with E-state index in [1.807, 2.05) is 38.9 Å². The normalized spacial score (nSPS) is 11.4. The molecule has 1 aromatic carbocycles. The van der Waals surface area contributed by atoms with Gasteiger partial charge >= 0.3 is 0 Å². The van der Waals surface area contributed by atoms with Crippen LogP contribution in [0.4, 0.5) is 5.69 Å². The van der Waals surface area contributed by atoms with Gasteiger partial charge < -0.3 is 9.88 Å². The van der Waals surface area contributed by atoms with Gasteiger partial charge in [0, 0.05) is 53.3 Å². The lowest BCUT2D eigenvalue weighted by Gasteiger charge is -2.13. The Morgan fingerprint density at radius 1 is 0.844 bits per heavy atom. The molecule has 156 valence electrons. The maximum absolute atomic E-state index is 4.64. The van der Waals surface area contributed by atoms with Crippen molar-refractivity contribution in [1.82, 2.24) is 25.1 Å².